The normalized spacial score (nSPS) is 18.1. The van der Waals surface area contributed by atoms with Crippen molar-refractivity contribution in [3.8, 4) is 0 Å². The van der Waals surface area contributed by atoms with Gasteiger partial charge in [-0.05, 0) is 25.8 Å². The van der Waals surface area contributed by atoms with Crippen LogP contribution < -0.4 is 11.1 Å². The number of carbonyl (C=O) groups excluding carboxylic acids is 1. The molecule has 1 atom stereocenters. The van der Waals surface area contributed by atoms with Gasteiger partial charge in [0.15, 0.2) is 0 Å². The Labute approximate surface area is 92.2 Å². The monoisotopic (exact) mass is 213 g/mol. The van der Waals surface area contributed by atoms with Crippen molar-refractivity contribution in [3.63, 3.8) is 0 Å². The molecule has 4 nitrogen and oxygen atoms in total. The molecule has 1 rings (SSSR count). The molecule has 1 aliphatic heterocycles. The molecule has 88 valence electrons. The van der Waals surface area contributed by atoms with E-state index in [0.717, 1.165) is 38.9 Å². The van der Waals surface area contributed by atoms with Crippen molar-refractivity contribution in [3.05, 3.63) is 0 Å². The van der Waals surface area contributed by atoms with Crippen molar-refractivity contribution in [1.82, 2.24) is 10.2 Å². The zero-order valence-electron chi connectivity index (χ0n) is 9.67. The van der Waals surface area contributed by atoms with Gasteiger partial charge in [0.2, 0.25) is 5.91 Å². The lowest BCUT2D eigenvalue weighted by Gasteiger charge is -2.20. The minimum atomic E-state index is 0.151. The van der Waals surface area contributed by atoms with Crippen LogP contribution >= 0.6 is 0 Å². The summed E-state index contributed by atoms with van der Waals surface area (Å²) in [5.41, 5.74) is 5.63. The second-order valence-corrected chi connectivity index (χ2v) is 4.18. The summed E-state index contributed by atoms with van der Waals surface area (Å²) < 4.78 is 0. The Morgan fingerprint density at radius 3 is 2.67 bits per heavy atom. The molecular formula is C11H23N3O. The van der Waals surface area contributed by atoms with E-state index < -0.39 is 0 Å². The third-order valence-electron chi connectivity index (χ3n) is 2.85. The number of amides is 1. The summed E-state index contributed by atoms with van der Waals surface area (Å²) in [6, 6.07) is 0.151. The fourth-order valence-electron chi connectivity index (χ4n) is 1.89. The molecule has 0 aliphatic carbocycles. The molecule has 0 bridgehead atoms. The summed E-state index contributed by atoms with van der Waals surface area (Å²) in [5, 5.41) is 3.30. The van der Waals surface area contributed by atoms with Gasteiger partial charge in [-0.25, -0.2) is 0 Å². The third kappa shape index (κ3) is 4.18. The number of nitrogens with one attached hydrogen (secondary N) is 1. The molecule has 4 heteroatoms. The molecule has 1 saturated heterocycles. The van der Waals surface area contributed by atoms with Crippen LogP contribution in [-0.4, -0.2) is 43.0 Å². The first-order valence-electron chi connectivity index (χ1n) is 5.99. The molecule has 1 heterocycles. The standard InChI is InChI=1S/C11H23N3O/c1-2-5-13-10(9-12)8-11(15)14-6-3-4-7-14/h10,13H,2-9,12H2,1H3. The van der Waals surface area contributed by atoms with Crippen LogP contribution in [0.3, 0.4) is 0 Å². The van der Waals surface area contributed by atoms with Gasteiger partial charge in [0.1, 0.15) is 0 Å². The van der Waals surface area contributed by atoms with E-state index in [4.69, 9.17) is 5.73 Å². The number of rotatable bonds is 6. The predicted molar refractivity (Wildman–Crippen MR) is 61.6 cm³/mol. The summed E-state index contributed by atoms with van der Waals surface area (Å²) in [6.45, 7) is 5.46. The maximum absolute atomic E-state index is 11.8. The molecule has 1 amide bonds. The highest BCUT2D eigenvalue weighted by Gasteiger charge is 2.20. The van der Waals surface area contributed by atoms with Gasteiger partial charge in [-0.15, -0.1) is 0 Å². The molecule has 0 aromatic carbocycles. The zero-order valence-corrected chi connectivity index (χ0v) is 9.67. The Morgan fingerprint density at radius 1 is 1.47 bits per heavy atom. The first kappa shape index (κ1) is 12.5. The van der Waals surface area contributed by atoms with Crippen molar-refractivity contribution in [1.29, 1.82) is 0 Å². The molecule has 3 N–H and O–H groups in total. The van der Waals surface area contributed by atoms with E-state index in [1.807, 2.05) is 4.90 Å². The molecule has 0 radical (unpaired) electrons. The minimum absolute atomic E-state index is 0.151. The molecule has 0 aromatic rings. The Morgan fingerprint density at radius 2 is 2.13 bits per heavy atom. The summed E-state index contributed by atoms with van der Waals surface area (Å²) in [7, 11) is 0. The lowest BCUT2D eigenvalue weighted by Crippen LogP contribution is -2.41. The molecule has 0 spiro atoms. The highest BCUT2D eigenvalue weighted by molar-refractivity contribution is 5.77. The number of nitrogens with zero attached hydrogens (tertiary/aromatic N) is 1. The zero-order chi connectivity index (χ0) is 11.1. The van der Waals surface area contributed by atoms with Crippen LogP contribution in [0.1, 0.15) is 32.6 Å². The lowest BCUT2D eigenvalue weighted by atomic mass is 10.2. The van der Waals surface area contributed by atoms with Gasteiger partial charge >= 0.3 is 0 Å². The summed E-state index contributed by atoms with van der Waals surface area (Å²) in [5.74, 6) is 0.256. The van der Waals surface area contributed by atoms with E-state index in [1.54, 1.807) is 0 Å². The molecule has 1 fully saturated rings. The van der Waals surface area contributed by atoms with Crippen molar-refractivity contribution in [2.24, 2.45) is 5.73 Å². The van der Waals surface area contributed by atoms with Crippen molar-refractivity contribution in [2.75, 3.05) is 26.2 Å². The Hall–Kier alpha value is -0.610. The number of hydrogen-bond donors (Lipinski definition) is 2. The molecular weight excluding hydrogens is 190 g/mol. The van der Waals surface area contributed by atoms with Gasteiger partial charge < -0.3 is 16.0 Å². The molecule has 1 aliphatic rings. The van der Waals surface area contributed by atoms with Crippen LogP contribution in [0, 0.1) is 0 Å². The predicted octanol–water partition coefficient (Wildman–Crippen LogP) is 0.326. The van der Waals surface area contributed by atoms with Crippen LogP contribution in [0.15, 0.2) is 0 Å². The Balaban J connectivity index is 2.26. The van der Waals surface area contributed by atoms with Crippen LogP contribution in [0.2, 0.25) is 0 Å². The topological polar surface area (TPSA) is 58.4 Å². The van der Waals surface area contributed by atoms with Crippen LogP contribution in [0.4, 0.5) is 0 Å². The first-order valence-corrected chi connectivity index (χ1v) is 5.99. The van der Waals surface area contributed by atoms with Crippen LogP contribution in [0.25, 0.3) is 0 Å². The average molecular weight is 213 g/mol. The van der Waals surface area contributed by atoms with Gasteiger partial charge in [-0.3, -0.25) is 4.79 Å². The molecule has 15 heavy (non-hydrogen) atoms. The lowest BCUT2D eigenvalue weighted by molar-refractivity contribution is -0.130. The minimum Gasteiger partial charge on any atom is -0.343 e. The second-order valence-electron chi connectivity index (χ2n) is 4.18. The van der Waals surface area contributed by atoms with E-state index in [-0.39, 0.29) is 11.9 Å². The van der Waals surface area contributed by atoms with Crippen molar-refractivity contribution < 1.29 is 4.79 Å². The van der Waals surface area contributed by atoms with Gasteiger partial charge in [0.25, 0.3) is 0 Å². The fraction of sp³-hybridized carbons (Fsp3) is 0.909. The molecule has 0 saturated carbocycles. The second kappa shape index (κ2) is 6.80. The molecule has 1 unspecified atom stereocenters. The van der Waals surface area contributed by atoms with E-state index >= 15 is 0 Å². The summed E-state index contributed by atoms with van der Waals surface area (Å²) >= 11 is 0. The number of hydrogen-bond acceptors (Lipinski definition) is 3. The third-order valence-corrected chi connectivity index (χ3v) is 2.85. The van der Waals surface area contributed by atoms with Gasteiger partial charge in [-0.2, -0.15) is 0 Å². The largest absolute Gasteiger partial charge is 0.343 e. The number of carbonyl (C=O) groups is 1. The summed E-state index contributed by atoms with van der Waals surface area (Å²) in [6.07, 6.45) is 3.94. The Bertz CT molecular complexity index is 190. The SMILES string of the molecule is CCCNC(CN)CC(=O)N1CCCC1. The van der Waals surface area contributed by atoms with Gasteiger partial charge in [0, 0.05) is 32.1 Å². The van der Waals surface area contributed by atoms with E-state index in [9.17, 15) is 4.79 Å². The number of likely N-dealkylation sites (tertiary alicyclic amines) is 1. The highest BCUT2D eigenvalue weighted by Crippen LogP contribution is 2.09. The maximum atomic E-state index is 11.8. The highest BCUT2D eigenvalue weighted by atomic mass is 16.2. The van der Waals surface area contributed by atoms with Crippen molar-refractivity contribution >= 4 is 5.91 Å². The molecule has 0 aromatic heterocycles. The summed E-state index contributed by atoms with van der Waals surface area (Å²) in [4.78, 5) is 13.8. The average Bonchev–Trinajstić information content (AvgIpc) is 2.77. The van der Waals surface area contributed by atoms with E-state index in [0.29, 0.717) is 13.0 Å². The quantitative estimate of drug-likeness (QED) is 0.668. The van der Waals surface area contributed by atoms with E-state index in [1.165, 1.54) is 0 Å². The van der Waals surface area contributed by atoms with Gasteiger partial charge in [-0.1, -0.05) is 6.92 Å². The fourth-order valence-corrected chi connectivity index (χ4v) is 1.89. The maximum Gasteiger partial charge on any atom is 0.224 e. The van der Waals surface area contributed by atoms with Crippen LogP contribution in [0.5, 0.6) is 0 Å². The van der Waals surface area contributed by atoms with Gasteiger partial charge in [0.05, 0.1) is 0 Å². The smallest absolute Gasteiger partial charge is 0.224 e. The van der Waals surface area contributed by atoms with Crippen LogP contribution in [-0.2, 0) is 4.79 Å². The van der Waals surface area contributed by atoms with E-state index in [2.05, 4.69) is 12.2 Å². The van der Waals surface area contributed by atoms with Crippen molar-refractivity contribution in [2.45, 2.75) is 38.6 Å². The Kier molecular flexibility index (Phi) is 5.65. The first-order chi connectivity index (χ1) is 7.27. The number of nitrogens with two attached hydrogens (primary N) is 1.